The molecule has 1 N–H and O–H groups in total. The van der Waals surface area contributed by atoms with Gasteiger partial charge in [-0.2, -0.15) is 4.31 Å². The van der Waals surface area contributed by atoms with Crippen molar-refractivity contribution >= 4 is 20.0 Å². The normalized spacial score (nSPS) is 23.4. The average Bonchev–Trinajstić information content (AvgIpc) is 2.68. The molecule has 2 fully saturated rings. The van der Waals surface area contributed by atoms with Gasteiger partial charge in [0.25, 0.3) is 0 Å². The van der Waals surface area contributed by atoms with E-state index in [0.717, 1.165) is 25.9 Å². The molecule has 27 heavy (non-hydrogen) atoms. The second kappa shape index (κ2) is 8.54. The third-order valence-electron chi connectivity index (χ3n) is 5.02. The van der Waals surface area contributed by atoms with E-state index in [1.165, 1.54) is 28.6 Å². The van der Waals surface area contributed by atoms with Gasteiger partial charge in [-0.05, 0) is 50.2 Å². The second-order valence-electron chi connectivity index (χ2n) is 6.84. The van der Waals surface area contributed by atoms with Crippen LogP contribution in [0.4, 0.5) is 0 Å². The maximum absolute atomic E-state index is 12.7. The minimum Gasteiger partial charge on any atom is -0.379 e. The molecule has 2 aliphatic rings. The van der Waals surface area contributed by atoms with E-state index in [9.17, 15) is 16.8 Å². The van der Waals surface area contributed by atoms with Crippen LogP contribution in [0.1, 0.15) is 19.8 Å². The van der Waals surface area contributed by atoms with Crippen LogP contribution in [0.2, 0.25) is 0 Å². The fourth-order valence-corrected chi connectivity index (χ4v) is 6.12. The predicted molar refractivity (Wildman–Crippen MR) is 101 cm³/mol. The zero-order valence-corrected chi connectivity index (χ0v) is 17.1. The minimum atomic E-state index is -3.68. The number of nitrogens with zero attached hydrogens (tertiary/aromatic N) is 2. The van der Waals surface area contributed by atoms with Gasteiger partial charge in [0.05, 0.1) is 23.0 Å². The molecule has 0 amide bonds. The lowest BCUT2D eigenvalue weighted by Gasteiger charge is -2.32. The van der Waals surface area contributed by atoms with Gasteiger partial charge in [0.15, 0.2) is 0 Å². The van der Waals surface area contributed by atoms with Gasteiger partial charge in [0.2, 0.25) is 20.0 Å². The molecule has 1 atom stereocenters. The summed E-state index contributed by atoms with van der Waals surface area (Å²) in [6.45, 7) is 5.98. The fraction of sp³-hybridized carbons (Fsp3) is 0.647. The van der Waals surface area contributed by atoms with Crippen molar-refractivity contribution in [3.05, 3.63) is 24.3 Å². The molecule has 1 aromatic rings. The summed E-state index contributed by atoms with van der Waals surface area (Å²) in [4.78, 5) is 2.39. The predicted octanol–water partition coefficient (Wildman–Crippen LogP) is 0.470. The van der Waals surface area contributed by atoms with E-state index in [1.54, 1.807) is 0 Å². The summed E-state index contributed by atoms with van der Waals surface area (Å²) in [7, 11) is -7.31. The molecular weight excluding hydrogens is 390 g/mol. The van der Waals surface area contributed by atoms with Crippen molar-refractivity contribution in [3.8, 4) is 0 Å². The van der Waals surface area contributed by atoms with Crippen molar-refractivity contribution in [1.82, 2.24) is 13.9 Å². The highest BCUT2D eigenvalue weighted by Crippen LogP contribution is 2.20. The maximum Gasteiger partial charge on any atom is 0.243 e. The van der Waals surface area contributed by atoms with E-state index in [1.807, 2.05) is 0 Å². The highest BCUT2D eigenvalue weighted by atomic mass is 32.2. The number of likely N-dealkylation sites (tertiary alicyclic amines) is 1. The van der Waals surface area contributed by atoms with Gasteiger partial charge in [-0.3, -0.25) is 0 Å². The first-order valence-corrected chi connectivity index (χ1v) is 12.2. The summed E-state index contributed by atoms with van der Waals surface area (Å²) >= 11 is 0. The van der Waals surface area contributed by atoms with Gasteiger partial charge in [0, 0.05) is 25.7 Å². The smallest absolute Gasteiger partial charge is 0.243 e. The Labute approximate surface area is 161 Å². The molecule has 10 heteroatoms. The monoisotopic (exact) mass is 417 g/mol. The molecule has 8 nitrogen and oxygen atoms in total. The average molecular weight is 418 g/mol. The van der Waals surface area contributed by atoms with Gasteiger partial charge < -0.3 is 9.64 Å². The lowest BCUT2D eigenvalue weighted by atomic mass is 10.1. The molecule has 0 saturated carbocycles. The van der Waals surface area contributed by atoms with Crippen molar-refractivity contribution in [2.75, 3.05) is 45.9 Å². The molecule has 1 unspecified atom stereocenters. The number of hydrogen-bond acceptors (Lipinski definition) is 6. The molecule has 1 aromatic carbocycles. The standard InChI is InChI=1S/C17H27N3O5S2/c1-2-19-9-3-4-15(14-19)18-26(21,22)16-5-7-17(8-6-16)27(23,24)20-10-12-25-13-11-20/h5-8,15,18H,2-4,9-14H2,1H3. The summed E-state index contributed by atoms with van der Waals surface area (Å²) in [5.74, 6) is 0. The number of rotatable bonds is 6. The van der Waals surface area contributed by atoms with E-state index in [2.05, 4.69) is 16.5 Å². The molecule has 152 valence electrons. The van der Waals surface area contributed by atoms with Crippen LogP contribution in [0.3, 0.4) is 0 Å². The summed E-state index contributed by atoms with van der Waals surface area (Å²) < 4.78 is 59.9. The zero-order valence-electron chi connectivity index (χ0n) is 15.5. The van der Waals surface area contributed by atoms with Gasteiger partial charge in [-0.1, -0.05) is 6.92 Å². The van der Waals surface area contributed by atoms with Gasteiger partial charge >= 0.3 is 0 Å². The molecule has 3 rings (SSSR count). The molecule has 2 heterocycles. The van der Waals surface area contributed by atoms with E-state index < -0.39 is 20.0 Å². The Morgan fingerprint density at radius 2 is 1.67 bits per heavy atom. The van der Waals surface area contributed by atoms with E-state index in [-0.39, 0.29) is 15.8 Å². The number of hydrogen-bond donors (Lipinski definition) is 1. The summed E-state index contributed by atoms with van der Waals surface area (Å²) in [5, 5.41) is 0. The van der Waals surface area contributed by atoms with Crippen LogP contribution in [-0.4, -0.2) is 78.0 Å². The third kappa shape index (κ3) is 4.87. The number of sulfonamides is 2. The van der Waals surface area contributed by atoms with E-state index in [4.69, 9.17) is 4.74 Å². The van der Waals surface area contributed by atoms with Crippen molar-refractivity contribution < 1.29 is 21.6 Å². The Kier molecular flexibility index (Phi) is 6.54. The van der Waals surface area contributed by atoms with Crippen molar-refractivity contribution in [2.45, 2.75) is 35.6 Å². The molecule has 0 radical (unpaired) electrons. The second-order valence-corrected chi connectivity index (χ2v) is 10.5. The van der Waals surface area contributed by atoms with Crippen molar-refractivity contribution in [1.29, 1.82) is 0 Å². The number of morpholine rings is 1. The van der Waals surface area contributed by atoms with Crippen LogP contribution in [-0.2, 0) is 24.8 Å². The Hall–Kier alpha value is -1.04. The Morgan fingerprint density at radius 3 is 2.30 bits per heavy atom. The zero-order chi connectivity index (χ0) is 19.5. The SMILES string of the molecule is CCN1CCCC(NS(=O)(=O)c2ccc(S(=O)(=O)N3CCOCC3)cc2)C1. The molecule has 2 saturated heterocycles. The van der Waals surface area contributed by atoms with Crippen molar-refractivity contribution in [2.24, 2.45) is 0 Å². The Balaban J connectivity index is 1.72. The molecule has 0 aromatic heterocycles. The van der Waals surface area contributed by atoms with E-state index >= 15 is 0 Å². The third-order valence-corrected chi connectivity index (χ3v) is 8.47. The first-order chi connectivity index (χ1) is 12.8. The van der Waals surface area contributed by atoms with Crippen LogP contribution in [0, 0.1) is 0 Å². The quantitative estimate of drug-likeness (QED) is 0.723. The van der Waals surface area contributed by atoms with Gasteiger partial charge in [-0.25, -0.2) is 21.6 Å². The molecule has 0 aliphatic carbocycles. The van der Waals surface area contributed by atoms with Crippen LogP contribution in [0.5, 0.6) is 0 Å². The summed E-state index contributed by atoms with van der Waals surface area (Å²) in [5.41, 5.74) is 0. The maximum atomic E-state index is 12.7. The van der Waals surface area contributed by atoms with Crippen LogP contribution in [0.15, 0.2) is 34.1 Å². The summed E-state index contributed by atoms with van der Waals surface area (Å²) in [6, 6.07) is 5.31. The Morgan fingerprint density at radius 1 is 1.04 bits per heavy atom. The molecule has 0 bridgehead atoms. The molecular formula is C17H27N3O5S2. The number of piperidine rings is 1. The van der Waals surface area contributed by atoms with Gasteiger partial charge in [0.1, 0.15) is 0 Å². The highest BCUT2D eigenvalue weighted by Gasteiger charge is 2.28. The lowest BCUT2D eigenvalue weighted by Crippen LogP contribution is -2.47. The van der Waals surface area contributed by atoms with Crippen LogP contribution < -0.4 is 4.72 Å². The number of likely N-dealkylation sites (N-methyl/N-ethyl adjacent to an activating group) is 1. The molecule has 0 spiro atoms. The summed E-state index contributed by atoms with van der Waals surface area (Å²) in [6.07, 6.45) is 1.76. The first-order valence-electron chi connectivity index (χ1n) is 9.25. The molecule has 2 aliphatic heterocycles. The van der Waals surface area contributed by atoms with E-state index in [0.29, 0.717) is 32.8 Å². The van der Waals surface area contributed by atoms with Crippen LogP contribution in [0.25, 0.3) is 0 Å². The minimum absolute atomic E-state index is 0.0806. The highest BCUT2D eigenvalue weighted by molar-refractivity contribution is 7.89. The largest absolute Gasteiger partial charge is 0.379 e. The first kappa shape index (κ1) is 20.7. The lowest BCUT2D eigenvalue weighted by molar-refractivity contribution is 0.0730. The van der Waals surface area contributed by atoms with Crippen molar-refractivity contribution in [3.63, 3.8) is 0 Å². The Bertz CT molecular complexity index is 834. The topological polar surface area (TPSA) is 96.0 Å². The number of ether oxygens (including phenoxy) is 1. The van der Waals surface area contributed by atoms with Crippen LogP contribution >= 0.6 is 0 Å². The fourth-order valence-electron chi connectivity index (χ4n) is 3.45. The van der Waals surface area contributed by atoms with Gasteiger partial charge in [-0.15, -0.1) is 0 Å². The number of benzene rings is 1. The number of nitrogens with one attached hydrogen (secondary N) is 1.